The van der Waals surface area contributed by atoms with Gasteiger partial charge in [-0.3, -0.25) is 4.21 Å². The van der Waals surface area contributed by atoms with Crippen molar-refractivity contribution in [3.05, 3.63) is 0 Å². The minimum absolute atomic E-state index is 0.419. The molecular formula is C12H27NOS. The van der Waals surface area contributed by atoms with Gasteiger partial charge in [-0.15, -0.1) is 0 Å². The van der Waals surface area contributed by atoms with Gasteiger partial charge in [-0.2, -0.15) is 0 Å². The van der Waals surface area contributed by atoms with Crippen LogP contribution in [-0.4, -0.2) is 28.3 Å². The number of unbranched alkanes of at least 4 members (excludes halogenated alkanes) is 1. The van der Waals surface area contributed by atoms with Crippen LogP contribution in [0.2, 0.25) is 0 Å². The van der Waals surface area contributed by atoms with Gasteiger partial charge in [0.1, 0.15) is 0 Å². The highest BCUT2D eigenvalue weighted by atomic mass is 32.2. The monoisotopic (exact) mass is 233 g/mol. The van der Waals surface area contributed by atoms with Gasteiger partial charge in [-0.05, 0) is 25.3 Å². The molecule has 0 aromatic rings. The standard InChI is InChI=1S/C12H27NOS/c1-5-7-9-15(14)10-12(11(3)4)13-8-6-2/h11-13H,5-10H2,1-4H3. The lowest BCUT2D eigenvalue weighted by molar-refractivity contribution is 0.431. The van der Waals surface area contributed by atoms with Crippen LogP contribution in [0.25, 0.3) is 0 Å². The zero-order valence-electron chi connectivity index (χ0n) is 10.7. The van der Waals surface area contributed by atoms with E-state index in [0.29, 0.717) is 12.0 Å². The summed E-state index contributed by atoms with van der Waals surface area (Å²) < 4.78 is 11.8. The Morgan fingerprint density at radius 3 is 2.33 bits per heavy atom. The first-order valence-electron chi connectivity index (χ1n) is 6.20. The molecule has 0 amide bonds. The minimum atomic E-state index is -0.637. The molecule has 0 aliphatic carbocycles. The van der Waals surface area contributed by atoms with Crippen molar-refractivity contribution in [3.63, 3.8) is 0 Å². The van der Waals surface area contributed by atoms with E-state index in [9.17, 15) is 4.21 Å². The molecule has 2 nitrogen and oxygen atoms in total. The van der Waals surface area contributed by atoms with Crippen molar-refractivity contribution in [3.8, 4) is 0 Å². The van der Waals surface area contributed by atoms with E-state index in [1.165, 1.54) is 0 Å². The van der Waals surface area contributed by atoms with E-state index >= 15 is 0 Å². The minimum Gasteiger partial charge on any atom is -0.313 e. The molecule has 0 radical (unpaired) electrons. The second kappa shape index (κ2) is 9.34. The lowest BCUT2D eigenvalue weighted by atomic mass is 10.1. The molecule has 2 unspecified atom stereocenters. The molecule has 0 bridgehead atoms. The van der Waals surface area contributed by atoms with Crippen LogP contribution in [0.4, 0.5) is 0 Å². The van der Waals surface area contributed by atoms with Gasteiger partial charge < -0.3 is 5.32 Å². The van der Waals surface area contributed by atoms with E-state index in [-0.39, 0.29) is 0 Å². The van der Waals surface area contributed by atoms with E-state index in [1.807, 2.05) is 0 Å². The Morgan fingerprint density at radius 2 is 1.87 bits per heavy atom. The van der Waals surface area contributed by atoms with Crippen molar-refractivity contribution >= 4 is 10.8 Å². The fraction of sp³-hybridized carbons (Fsp3) is 1.00. The number of rotatable bonds is 9. The van der Waals surface area contributed by atoms with Gasteiger partial charge in [0.15, 0.2) is 0 Å². The molecule has 15 heavy (non-hydrogen) atoms. The van der Waals surface area contributed by atoms with E-state index in [0.717, 1.165) is 37.3 Å². The van der Waals surface area contributed by atoms with Crippen LogP contribution < -0.4 is 5.32 Å². The van der Waals surface area contributed by atoms with Crippen molar-refractivity contribution in [2.24, 2.45) is 5.92 Å². The van der Waals surface area contributed by atoms with Crippen molar-refractivity contribution in [1.29, 1.82) is 0 Å². The largest absolute Gasteiger partial charge is 0.313 e. The SMILES string of the molecule is CCCCS(=O)CC(NCCC)C(C)C. The first-order chi connectivity index (χ1) is 7.11. The highest BCUT2D eigenvalue weighted by Gasteiger charge is 2.15. The molecule has 0 aromatic heterocycles. The van der Waals surface area contributed by atoms with Gasteiger partial charge >= 0.3 is 0 Å². The van der Waals surface area contributed by atoms with Crippen molar-refractivity contribution in [2.45, 2.75) is 53.0 Å². The van der Waals surface area contributed by atoms with Gasteiger partial charge in [0.2, 0.25) is 0 Å². The topological polar surface area (TPSA) is 29.1 Å². The van der Waals surface area contributed by atoms with Gasteiger partial charge in [0, 0.05) is 28.3 Å². The highest BCUT2D eigenvalue weighted by Crippen LogP contribution is 2.05. The van der Waals surface area contributed by atoms with Crippen LogP contribution >= 0.6 is 0 Å². The number of hydrogen-bond donors (Lipinski definition) is 1. The predicted octanol–water partition coefficient (Wildman–Crippen LogP) is 2.56. The van der Waals surface area contributed by atoms with Crippen LogP contribution in [0.1, 0.15) is 47.0 Å². The molecule has 92 valence electrons. The van der Waals surface area contributed by atoms with Gasteiger partial charge in [-0.25, -0.2) is 0 Å². The number of nitrogens with one attached hydrogen (secondary N) is 1. The fourth-order valence-electron chi connectivity index (χ4n) is 1.41. The summed E-state index contributed by atoms with van der Waals surface area (Å²) in [5, 5.41) is 3.48. The summed E-state index contributed by atoms with van der Waals surface area (Å²) in [6, 6.07) is 0.419. The number of hydrogen-bond acceptors (Lipinski definition) is 2. The van der Waals surface area contributed by atoms with Crippen LogP contribution in [-0.2, 0) is 10.8 Å². The summed E-state index contributed by atoms with van der Waals surface area (Å²) in [6.45, 7) is 9.74. The Balaban J connectivity index is 3.87. The molecule has 1 N–H and O–H groups in total. The molecule has 0 aromatic carbocycles. The van der Waals surface area contributed by atoms with Crippen LogP contribution in [0.15, 0.2) is 0 Å². The Morgan fingerprint density at radius 1 is 1.20 bits per heavy atom. The average molecular weight is 233 g/mol. The molecule has 0 aliphatic heterocycles. The van der Waals surface area contributed by atoms with Crippen molar-refractivity contribution < 1.29 is 4.21 Å². The quantitative estimate of drug-likeness (QED) is 0.663. The first-order valence-corrected chi connectivity index (χ1v) is 7.68. The molecular weight excluding hydrogens is 206 g/mol. The summed E-state index contributed by atoms with van der Waals surface area (Å²) in [7, 11) is -0.637. The summed E-state index contributed by atoms with van der Waals surface area (Å²) in [5.41, 5.74) is 0. The summed E-state index contributed by atoms with van der Waals surface area (Å²) >= 11 is 0. The maximum Gasteiger partial charge on any atom is 0.0391 e. The van der Waals surface area contributed by atoms with Crippen molar-refractivity contribution in [1.82, 2.24) is 5.32 Å². The molecule has 0 rings (SSSR count). The zero-order chi connectivity index (χ0) is 11.7. The zero-order valence-corrected chi connectivity index (χ0v) is 11.5. The Hall–Kier alpha value is 0.110. The summed E-state index contributed by atoms with van der Waals surface area (Å²) in [6.07, 6.45) is 3.37. The van der Waals surface area contributed by atoms with Crippen LogP contribution in [0, 0.1) is 5.92 Å². The second-order valence-electron chi connectivity index (χ2n) is 4.47. The lowest BCUT2D eigenvalue weighted by Crippen LogP contribution is -2.39. The van der Waals surface area contributed by atoms with E-state index in [4.69, 9.17) is 0 Å². The lowest BCUT2D eigenvalue weighted by Gasteiger charge is -2.21. The molecule has 3 heteroatoms. The molecule has 0 fully saturated rings. The molecule has 0 spiro atoms. The van der Waals surface area contributed by atoms with Crippen LogP contribution in [0.3, 0.4) is 0 Å². The van der Waals surface area contributed by atoms with Gasteiger partial charge in [0.05, 0.1) is 0 Å². The Kier molecular flexibility index (Phi) is 9.41. The normalized spacial score (nSPS) is 15.5. The van der Waals surface area contributed by atoms with E-state index in [1.54, 1.807) is 0 Å². The average Bonchev–Trinajstić information content (AvgIpc) is 2.20. The fourth-order valence-corrected chi connectivity index (χ4v) is 3.09. The molecule has 0 saturated carbocycles. The van der Waals surface area contributed by atoms with E-state index < -0.39 is 10.8 Å². The maximum absolute atomic E-state index is 11.8. The predicted molar refractivity (Wildman–Crippen MR) is 69.7 cm³/mol. The summed E-state index contributed by atoms with van der Waals surface area (Å²) in [4.78, 5) is 0. The maximum atomic E-state index is 11.8. The van der Waals surface area contributed by atoms with Gasteiger partial charge in [-0.1, -0.05) is 34.1 Å². The molecule has 0 heterocycles. The smallest absolute Gasteiger partial charge is 0.0391 e. The molecule has 0 aliphatic rings. The summed E-state index contributed by atoms with van der Waals surface area (Å²) in [5.74, 6) is 2.26. The van der Waals surface area contributed by atoms with Crippen LogP contribution in [0.5, 0.6) is 0 Å². The third-order valence-electron chi connectivity index (χ3n) is 2.55. The highest BCUT2D eigenvalue weighted by molar-refractivity contribution is 7.85. The Labute approximate surface area is 97.7 Å². The first kappa shape index (κ1) is 15.1. The third kappa shape index (κ3) is 7.97. The van der Waals surface area contributed by atoms with Gasteiger partial charge in [0.25, 0.3) is 0 Å². The van der Waals surface area contributed by atoms with E-state index in [2.05, 4.69) is 33.0 Å². The molecule has 2 atom stereocenters. The van der Waals surface area contributed by atoms with Crippen molar-refractivity contribution in [2.75, 3.05) is 18.1 Å². The molecule has 0 saturated heterocycles. The second-order valence-corrected chi connectivity index (χ2v) is 6.09. The third-order valence-corrected chi connectivity index (χ3v) is 4.03. The Bertz CT molecular complexity index is 171.